The predicted molar refractivity (Wildman–Crippen MR) is 111 cm³/mol. The van der Waals surface area contributed by atoms with Gasteiger partial charge < -0.3 is 14.8 Å². The summed E-state index contributed by atoms with van der Waals surface area (Å²) >= 11 is 0. The molecule has 2 heterocycles. The van der Waals surface area contributed by atoms with Crippen molar-refractivity contribution in [3.8, 4) is 16.9 Å². The van der Waals surface area contributed by atoms with Gasteiger partial charge in [-0.05, 0) is 48.2 Å². The number of nitrogens with zero attached hydrogens (tertiary/aromatic N) is 1. The van der Waals surface area contributed by atoms with Crippen molar-refractivity contribution >= 4 is 0 Å². The second-order valence-electron chi connectivity index (χ2n) is 7.15. The van der Waals surface area contributed by atoms with Crippen molar-refractivity contribution in [1.82, 2.24) is 10.3 Å². The molecule has 0 saturated carbocycles. The van der Waals surface area contributed by atoms with E-state index >= 15 is 0 Å². The molecule has 1 unspecified atom stereocenters. The third-order valence-electron chi connectivity index (χ3n) is 5.00. The van der Waals surface area contributed by atoms with E-state index < -0.39 is 0 Å². The average Bonchev–Trinajstić information content (AvgIpc) is 2.71. The van der Waals surface area contributed by atoms with Crippen LogP contribution in [0.1, 0.15) is 17.5 Å². The smallest absolute Gasteiger partial charge is 0.138 e. The Hall–Kier alpha value is -2.69. The number of rotatable bonds is 9. The standard InChI is InChI=1S/C24H26N2O2/c1-2-5-19(6-3-1)10-12-27-17-20-7-4-8-21(13-20)22-14-24(16-25-15-22)28-18-23-9-11-26-23/h1-8,13-16,23,26H,9-12,17-18H2. The Morgan fingerprint density at radius 2 is 1.79 bits per heavy atom. The Morgan fingerprint density at radius 3 is 2.61 bits per heavy atom. The van der Waals surface area contributed by atoms with Gasteiger partial charge >= 0.3 is 0 Å². The predicted octanol–water partition coefficient (Wildman–Crippen LogP) is 4.25. The Bertz CT molecular complexity index is 879. The summed E-state index contributed by atoms with van der Waals surface area (Å²) in [6, 6.07) is 21.4. The third kappa shape index (κ3) is 5.18. The molecular formula is C24H26N2O2. The van der Waals surface area contributed by atoms with Crippen LogP contribution < -0.4 is 10.1 Å². The maximum Gasteiger partial charge on any atom is 0.138 e. The molecule has 0 radical (unpaired) electrons. The number of ether oxygens (including phenoxy) is 2. The first-order valence-corrected chi connectivity index (χ1v) is 9.89. The maximum atomic E-state index is 5.87. The summed E-state index contributed by atoms with van der Waals surface area (Å²) < 4.78 is 11.7. The first-order chi connectivity index (χ1) is 13.9. The summed E-state index contributed by atoms with van der Waals surface area (Å²) in [6.07, 6.45) is 5.77. The molecule has 1 saturated heterocycles. The SMILES string of the molecule is c1ccc(CCOCc2cccc(-c3cncc(OCC4CCN4)c3)c2)cc1. The van der Waals surface area contributed by atoms with Gasteiger partial charge in [-0.25, -0.2) is 0 Å². The highest BCUT2D eigenvalue weighted by atomic mass is 16.5. The Balaban J connectivity index is 1.32. The van der Waals surface area contributed by atoms with E-state index in [1.807, 2.05) is 12.3 Å². The lowest BCUT2D eigenvalue weighted by atomic mass is 10.0. The van der Waals surface area contributed by atoms with Crippen LogP contribution in [0.25, 0.3) is 11.1 Å². The fourth-order valence-corrected chi connectivity index (χ4v) is 3.21. The van der Waals surface area contributed by atoms with Gasteiger partial charge in [0.15, 0.2) is 0 Å². The average molecular weight is 374 g/mol. The van der Waals surface area contributed by atoms with Crippen LogP contribution >= 0.6 is 0 Å². The van der Waals surface area contributed by atoms with Crippen molar-refractivity contribution < 1.29 is 9.47 Å². The summed E-state index contributed by atoms with van der Waals surface area (Å²) in [4.78, 5) is 4.34. The minimum atomic E-state index is 0.472. The summed E-state index contributed by atoms with van der Waals surface area (Å²) in [5.41, 5.74) is 4.65. The summed E-state index contributed by atoms with van der Waals surface area (Å²) in [6.45, 7) is 3.11. The molecule has 0 spiro atoms. The molecule has 1 N–H and O–H groups in total. The van der Waals surface area contributed by atoms with Gasteiger partial charge in [-0.2, -0.15) is 0 Å². The van der Waals surface area contributed by atoms with E-state index in [-0.39, 0.29) is 0 Å². The van der Waals surface area contributed by atoms with Gasteiger partial charge in [0.2, 0.25) is 0 Å². The molecule has 1 aliphatic heterocycles. The van der Waals surface area contributed by atoms with Crippen LogP contribution in [0.4, 0.5) is 0 Å². The minimum absolute atomic E-state index is 0.472. The Kier molecular flexibility index (Phi) is 6.32. The normalized spacial score (nSPS) is 15.8. The van der Waals surface area contributed by atoms with Crippen LogP contribution in [0.3, 0.4) is 0 Å². The molecule has 28 heavy (non-hydrogen) atoms. The fraction of sp³-hybridized carbons (Fsp3) is 0.292. The molecule has 0 aliphatic carbocycles. The van der Waals surface area contributed by atoms with E-state index in [9.17, 15) is 0 Å². The molecule has 1 aliphatic rings. The summed E-state index contributed by atoms with van der Waals surface area (Å²) in [5.74, 6) is 0.815. The van der Waals surface area contributed by atoms with E-state index in [0.717, 1.165) is 35.4 Å². The first-order valence-electron chi connectivity index (χ1n) is 9.89. The number of pyridine rings is 1. The molecule has 0 bridgehead atoms. The molecule has 4 heteroatoms. The zero-order valence-corrected chi connectivity index (χ0v) is 16.0. The van der Waals surface area contributed by atoms with Crippen molar-refractivity contribution in [3.05, 3.63) is 84.2 Å². The monoisotopic (exact) mass is 374 g/mol. The lowest BCUT2D eigenvalue weighted by molar-refractivity contribution is 0.124. The third-order valence-corrected chi connectivity index (χ3v) is 5.00. The molecule has 1 aromatic heterocycles. The molecule has 0 amide bonds. The van der Waals surface area contributed by atoms with Gasteiger partial charge in [0.25, 0.3) is 0 Å². The lowest BCUT2D eigenvalue weighted by Gasteiger charge is -2.27. The first kappa shape index (κ1) is 18.7. The number of hydrogen-bond donors (Lipinski definition) is 1. The van der Waals surface area contributed by atoms with E-state index in [0.29, 0.717) is 25.9 Å². The highest BCUT2D eigenvalue weighted by Gasteiger charge is 2.16. The molecule has 1 fully saturated rings. The topological polar surface area (TPSA) is 43.4 Å². The molecule has 4 rings (SSSR count). The van der Waals surface area contributed by atoms with Gasteiger partial charge in [-0.3, -0.25) is 4.98 Å². The fourth-order valence-electron chi connectivity index (χ4n) is 3.21. The van der Waals surface area contributed by atoms with E-state index in [2.05, 4.69) is 64.9 Å². The molecular weight excluding hydrogens is 348 g/mol. The van der Waals surface area contributed by atoms with Gasteiger partial charge in [-0.15, -0.1) is 0 Å². The minimum Gasteiger partial charge on any atom is -0.490 e. The van der Waals surface area contributed by atoms with Gasteiger partial charge in [0.1, 0.15) is 12.4 Å². The van der Waals surface area contributed by atoms with Crippen molar-refractivity contribution in [1.29, 1.82) is 0 Å². The largest absolute Gasteiger partial charge is 0.490 e. The lowest BCUT2D eigenvalue weighted by Crippen LogP contribution is -2.46. The van der Waals surface area contributed by atoms with Gasteiger partial charge in [0, 0.05) is 17.8 Å². The second-order valence-corrected chi connectivity index (χ2v) is 7.15. The van der Waals surface area contributed by atoms with E-state index in [4.69, 9.17) is 9.47 Å². The van der Waals surface area contributed by atoms with E-state index in [1.54, 1.807) is 6.20 Å². The van der Waals surface area contributed by atoms with Crippen LogP contribution in [0.5, 0.6) is 5.75 Å². The zero-order chi connectivity index (χ0) is 19.0. The van der Waals surface area contributed by atoms with E-state index in [1.165, 1.54) is 12.0 Å². The summed E-state index contributed by atoms with van der Waals surface area (Å²) in [5, 5.41) is 3.34. The molecule has 4 nitrogen and oxygen atoms in total. The molecule has 3 aromatic rings. The van der Waals surface area contributed by atoms with Gasteiger partial charge in [-0.1, -0.05) is 48.5 Å². The summed E-state index contributed by atoms with van der Waals surface area (Å²) in [7, 11) is 0. The molecule has 1 atom stereocenters. The quantitative estimate of drug-likeness (QED) is 0.569. The number of aromatic nitrogens is 1. The van der Waals surface area contributed by atoms with Crippen molar-refractivity contribution in [3.63, 3.8) is 0 Å². The van der Waals surface area contributed by atoms with Crippen LogP contribution in [-0.2, 0) is 17.8 Å². The van der Waals surface area contributed by atoms with Crippen LogP contribution in [0.15, 0.2) is 73.1 Å². The Labute approximate surface area is 166 Å². The number of nitrogens with one attached hydrogen (secondary N) is 1. The van der Waals surface area contributed by atoms with Crippen LogP contribution in [0, 0.1) is 0 Å². The maximum absolute atomic E-state index is 5.87. The highest BCUT2D eigenvalue weighted by molar-refractivity contribution is 5.64. The number of benzene rings is 2. The van der Waals surface area contributed by atoms with Crippen LogP contribution in [-0.4, -0.2) is 30.8 Å². The Morgan fingerprint density at radius 1 is 0.929 bits per heavy atom. The van der Waals surface area contributed by atoms with Gasteiger partial charge in [0.05, 0.1) is 19.4 Å². The van der Waals surface area contributed by atoms with Crippen LogP contribution in [0.2, 0.25) is 0 Å². The molecule has 144 valence electrons. The number of hydrogen-bond acceptors (Lipinski definition) is 4. The zero-order valence-electron chi connectivity index (χ0n) is 16.0. The molecule has 2 aromatic carbocycles. The van der Waals surface area contributed by atoms with Crippen molar-refractivity contribution in [2.75, 3.05) is 19.8 Å². The van der Waals surface area contributed by atoms with Crippen molar-refractivity contribution in [2.24, 2.45) is 0 Å². The van der Waals surface area contributed by atoms with Crippen molar-refractivity contribution in [2.45, 2.75) is 25.5 Å². The second kappa shape index (κ2) is 9.49. The highest BCUT2D eigenvalue weighted by Crippen LogP contribution is 2.24.